The molecular formula is C35H42N6O5. The van der Waals surface area contributed by atoms with Crippen LogP contribution in [0.4, 0.5) is 0 Å². The van der Waals surface area contributed by atoms with Gasteiger partial charge in [-0.3, -0.25) is 14.4 Å². The molecule has 2 aromatic carbocycles. The van der Waals surface area contributed by atoms with Crippen molar-refractivity contribution < 1.29 is 24.2 Å². The predicted octanol–water partition coefficient (Wildman–Crippen LogP) is 3.16. The summed E-state index contributed by atoms with van der Waals surface area (Å²) in [6.45, 7) is 10.8. The zero-order valence-electron chi connectivity index (χ0n) is 26.3. The van der Waals surface area contributed by atoms with E-state index in [2.05, 4.69) is 23.5 Å². The van der Waals surface area contributed by atoms with Gasteiger partial charge in [0.1, 0.15) is 23.8 Å². The highest BCUT2D eigenvalue weighted by atomic mass is 16.5. The molecule has 1 N–H and O–H groups in total. The number of carbonyl (C=O) groups is 3. The molecule has 1 spiro atoms. The summed E-state index contributed by atoms with van der Waals surface area (Å²) in [5.74, 6) is -2.34. The monoisotopic (exact) mass is 626 g/mol. The van der Waals surface area contributed by atoms with Gasteiger partial charge in [-0.2, -0.15) is 0 Å². The molecule has 6 rings (SSSR count). The van der Waals surface area contributed by atoms with E-state index in [1.807, 2.05) is 61.5 Å². The van der Waals surface area contributed by atoms with Crippen LogP contribution in [0.15, 0.2) is 79.9 Å². The second kappa shape index (κ2) is 12.8. The highest BCUT2D eigenvalue weighted by molar-refractivity contribution is 5.99. The van der Waals surface area contributed by atoms with Gasteiger partial charge in [-0.25, -0.2) is 4.68 Å². The molecule has 11 heteroatoms. The zero-order chi connectivity index (χ0) is 32.5. The molecule has 5 atom stereocenters. The third-order valence-corrected chi connectivity index (χ3v) is 10.0. The molecule has 2 unspecified atom stereocenters. The summed E-state index contributed by atoms with van der Waals surface area (Å²) in [5, 5.41) is 18.3. The van der Waals surface area contributed by atoms with Gasteiger partial charge < -0.3 is 24.5 Å². The fourth-order valence-electron chi connectivity index (χ4n) is 7.97. The van der Waals surface area contributed by atoms with Crippen LogP contribution in [0.3, 0.4) is 0 Å². The van der Waals surface area contributed by atoms with Crippen LogP contribution < -0.4 is 0 Å². The summed E-state index contributed by atoms with van der Waals surface area (Å²) in [4.78, 5) is 48.8. The second-order valence-electron chi connectivity index (χ2n) is 12.5. The average molecular weight is 627 g/mol. The van der Waals surface area contributed by atoms with Gasteiger partial charge in [-0.15, -0.1) is 18.3 Å². The Hall–Kier alpha value is -4.35. The van der Waals surface area contributed by atoms with Crippen LogP contribution in [0.5, 0.6) is 0 Å². The summed E-state index contributed by atoms with van der Waals surface area (Å²) in [5.41, 5.74) is 0.389. The van der Waals surface area contributed by atoms with E-state index >= 15 is 0 Å². The Morgan fingerprint density at radius 2 is 1.76 bits per heavy atom. The van der Waals surface area contributed by atoms with E-state index in [0.29, 0.717) is 44.3 Å². The van der Waals surface area contributed by atoms with Gasteiger partial charge in [0.2, 0.25) is 17.7 Å². The van der Waals surface area contributed by atoms with E-state index in [4.69, 9.17) is 4.74 Å². The van der Waals surface area contributed by atoms with E-state index in [-0.39, 0.29) is 44.1 Å². The highest BCUT2D eigenvalue weighted by Crippen LogP contribution is 2.64. The number of carbonyl (C=O) groups excluding carboxylic acids is 3. The molecule has 46 heavy (non-hydrogen) atoms. The molecular weight excluding hydrogens is 584 g/mol. The van der Waals surface area contributed by atoms with Crippen LogP contribution in [0.1, 0.15) is 38.2 Å². The first kappa shape index (κ1) is 31.6. The molecule has 3 aromatic rings. The summed E-state index contributed by atoms with van der Waals surface area (Å²) >= 11 is 0. The van der Waals surface area contributed by atoms with E-state index in [1.165, 1.54) is 0 Å². The lowest BCUT2D eigenvalue weighted by molar-refractivity contribution is -0.156. The van der Waals surface area contributed by atoms with Crippen molar-refractivity contribution in [1.29, 1.82) is 0 Å². The Morgan fingerprint density at radius 3 is 2.48 bits per heavy atom. The smallest absolute Gasteiger partial charge is 0.250 e. The van der Waals surface area contributed by atoms with E-state index in [0.717, 1.165) is 11.1 Å². The first-order valence-corrected chi connectivity index (χ1v) is 16.1. The number of hydrogen-bond acceptors (Lipinski definition) is 7. The molecule has 0 saturated carbocycles. The van der Waals surface area contributed by atoms with Crippen molar-refractivity contribution in [2.24, 2.45) is 11.8 Å². The van der Waals surface area contributed by atoms with Crippen molar-refractivity contribution in [3.8, 4) is 0 Å². The number of rotatable bonds is 14. The van der Waals surface area contributed by atoms with Gasteiger partial charge in [0.15, 0.2) is 0 Å². The Labute approximate surface area is 269 Å². The van der Waals surface area contributed by atoms with Crippen LogP contribution in [-0.2, 0) is 32.3 Å². The number of aliphatic hydroxyl groups is 1. The molecule has 11 nitrogen and oxygen atoms in total. The summed E-state index contributed by atoms with van der Waals surface area (Å²) in [7, 11) is 0. The van der Waals surface area contributed by atoms with Crippen molar-refractivity contribution in [2.45, 2.75) is 63.1 Å². The lowest BCUT2D eigenvalue weighted by Gasteiger charge is -2.37. The lowest BCUT2D eigenvalue weighted by Crippen LogP contribution is -2.56. The summed E-state index contributed by atoms with van der Waals surface area (Å²) in [6.07, 6.45) is 5.19. The van der Waals surface area contributed by atoms with Gasteiger partial charge in [0, 0.05) is 32.8 Å². The van der Waals surface area contributed by atoms with Crippen LogP contribution in [-0.4, -0.2) is 96.0 Å². The van der Waals surface area contributed by atoms with Gasteiger partial charge in [-0.1, -0.05) is 66.8 Å². The molecule has 3 saturated heterocycles. The first-order valence-electron chi connectivity index (χ1n) is 16.1. The Kier molecular flexibility index (Phi) is 8.80. The molecule has 242 valence electrons. The Balaban J connectivity index is 1.38. The fraction of sp³-hybridized carbons (Fsp3) is 0.457. The molecule has 3 amide bonds. The zero-order valence-corrected chi connectivity index (χ0v) is 26.3. The minimum atomic E-state index is -1.18. The second-order valence-corrected chi connectivity index (χ2v) is 12.5. The number of amides is 3. The number of para-hydroxylation sites is 1. The maximum atomic E-state index is 14.8. The predicted molar refractivity (Wildman–Crippen MR) is 172 cm³/mol. The van der Waals surface area contributed by atoms with Gasteiger partial charge in [-0.05, 0) is 43.4 Å². The Bertz CT molecular complexity index is 1630. The minimum Gasteiger partial charge on any atom is -0.396 e. The lowest BCUT2D eigenvalue weighted by atomic mass is 9.64. The first-order chi connectivity index (χ1) is 22.3. The van der Waals surface area contributed by atoms with Crippen LogP contribution in [0.2, 0.25) is 0 Å². The highest BCUT2D eigenvalue weighted by Gasteiger charge is 2.79. The van der Waals surface area contributed by atoms with Crippen molar-refractivity contribution >= 4 is 28.8 Å². The average Bonchev–Trinajstić information content (AvgIpc) is 3.80. The fourth-order valence-corrected chi connectivity index (χ4v) is 7.97. The molecule has 0 aliphatic carbocycles. The maximum absolute atomic E-state index is 14.8. The third kappa shape index (κ3) is 5.11. The normalized spacial score (nSPS) is 26.3. The molecule has 2 bridgehead atoms. The van der Waals surface area contributed by atoms with Crippen molar-refractivity contribution in [2.75, 3.05) is 26.2 Å². The molecule has 3 aliphatic rings. The molecule has 0 radical (unpaired) electrons. The summed E-state index contributed by atoms with van der Waals surface area (Å²) < 4.78 is 8.63. The van der Waals surface area contributed by atoms with Crippen molar-refractivity contribution in [3.05, 3.63) is 85.5 Å². The molecule has 4 heterocycles. The standard InChI is InChI=1S/C35H42N6O5/c1-4-19-38(23-25-13-8-7-9-14-25)31(43)28-29-32(44)40(21-12-22-42)30(35(29)18-17-34(28,6-3)46-35)33(45)39(20-5-2)24-41-27-16-11-10-15-26(27)36-37-41/h4-5,7-11,13-16,28-30,42H,1-2,6,12,17-24H2,3H3/t28-,29+,30?,34+,35?/m1/s1. The maximum Gasteiger partial charge on any atom is 0.250 e. The number of fused-ring (bicyclic) bond motifs is 2. The van der Waals surface area contributed by atoms with Gasteiger partial charge in [0.25, 0.3) is 0 Å². The number of nitrogens with zero attached hydrogens (tertiary/aromatic N) is 6. The number of aromatic nitrogens is 3. The summed E-state index contributed by atoms with van der Waals surface area (Å²) in [6, 6.07) is 16.3. The number of hydrogen-bond donors (Lipinski definition) is 1. The van der Waals surface area contributed by atoms with E-state index in [9.17, 15) is 19.5 Å². The number of benzene rings is 2. The van der Waals surface area contributed by atoms with Gasteiger partial charge >= 0.3 is 0 Å². The SMILES string of the molecule is C=CCN(Cn1nnc2ccccc21)C(=O)C1N(CCCO)C(=O)[C@@H]2[C@H](C(=O)N(CC=C)Cc3ccccc3)[C@]3(CC)CCC12O3. The molecule has 3 fully saturated rings. The topological polar surface area (TPSA) is 121 Å². The van der Waals surface area contributed by atoms with Crippen molar-refractivity contribution in [1.82, 2.24) is 29.7 Å². The number of likely N-dealkylation sites (tertiary alicyclic amines) is 1. The van der Waals surface area contributed by atoms with Crippen LogP contribution in [0, 0.1) is 11.8 Å². The quantitative estimate of drug-likeness (QED) is 0.273. The third-order valence-electron chi connectivity index (χ3n) is 10.0. The van der Waals surface area contributed by atoms with Crippen LogP contribution >= 0.6 is 0 Å². The van der Waals surface area contributed by atoms with Gasteiger partial charge in [0.05, 0.1) is 23.0 Å². The largest absolute Gasteiger partial charge is 0.396 e. The number of ether oxygens (including phenoxy) is 1. The Morgan fingerprint density at radius 1 is 1.04 bits per heavy atom. The van der Waals surface area contributed by atoms with E-state index in [1.54, 1.807) is 31.5 Å². The van der Waals surface area contributed by atoms with E-state index < -0.39 is 29.1 Å². The van der Waals surface area contributed by atoms with Crippen molar-refractivity contribution in [3.63, 3.8) is 0 Å². The van der Waals surface area contributed by atoms with Crippen LogP contribution in [0.25, 0.3) is 11.0 Å². The molecule has 3 aliphatic heterocycles. The minimum absolute atomic E-state index is 0.0934. The molecule has 1 aromatic heterocycles. The number of aliphatic hydroxyl groups excluding tert-OH is 1.